The lowest BCUT2D eigenvalue weighted by molar-refractivity contribution is -0.168. The Morgan fingerprint density at radius 3 is 2.94 bits per heavy atom. The van der Waals surface area contributed by atoms with Crippen LogP contribution in [0.15, 0.2) is 0 Å². The lowest BCUT2D eigenvalue weighted by atomic mass is 9.93. The van der Waals surface area contributed by atoms with Crippen molar-refractivity contribution in [3.05, 3.63) is 0 Å². The van der Waals surface area contributed by atoms with Gasteiger partial charge in [-0.25, -0.2) is 4.79 Å². The molecule has 2 aliphatic heterocycles. The second-order valence-corrected chi connectivity index (χ2v) is 6.06. The zero-order chi connectivity index (χ0) is 11.6. The van der Waals surface area contributed by atoms with E-state index in [4.69, 9.17) is 9.84 Å². The molecule has 0 aromatic heterocycles. The number of thioether (sulfide) groups is 1. The minimum Gasteiger partial charge on any atom is -0.480 e. The Morgan fingerprint density at radius 2 is 2.38 bits per heavy atom. The molecule has 2 aliphatic rings. The van der Waals surface area contributed by atoms with Crippen molar-refractivity contribution in [3.8, 4) is 0 Å². The molecule has 2 heterocycles. The maximum atomic E-state index is 10.4. The molecule has 0 saturated carbocycles. The first-order valence-corrected chi connectivity index (χ1v) is 6.92. The summed E-state index contributed by atoms with van der Waals surface area (Å²) in [7, 11) is 0. The van der Waals surface area contributed by atoms with E-state index >= 15 is 0 Å². The van der Waals surface area contributed by atoms with Gasteiger partial charge in [-0.1, -0.05) is 0 Å². The lowest BCUT2D eigenvalue weighted by Crippen LogP contribution is -2.65. The van der Waals surface area contributed by atoms with Gasteiger partial charge in [0.25, 0.3) is 0 Å². The first-order chi connectivity index (χ1) is 7.59. The van der Waals surface area contributed by atoms with Crippen molar-refractivity contribution >= 4 is 17.7 Å². The van der Waals surface area contributed by atoms with Gasteiger partial charge in [0.05, 0.1) is 5.60 Å². The Labute approximate surface area is 100 Å². The first kappa shape index (κ1) is 12.2. The molecule has 5 heteroatoms. The molecule has 16 heavy (non-hydrogen) atoms. The van der Waals surface area contributed by atoms with E-state index in [1.807, 2.05) is 18.7 Å². The number of carboxylic acid groups (broad SMARTS) is 1. The molecule has 1 N–H and O–H groups in total. The number of hydrogen-bond donors (Lipinski definition) is 1. The van der Waals surface area contributed by atoms with E-state index in [2.05, 4.69) is 4.90 Å². The normalized spacial score (nSPS) is 29.7. The van der Waals surface area contributed by atoms with Crippen LogP contribution >= 0.6 is 11.8 Å². The van der Waals surface area contributed by atoms with Gasteiger partial charge in [0.2, 0.25) is 0 Å². The summed E-state index contributed by atoms with van der Waals surface area (Å²) in [6.45, 7) is 3.59. The van der Waals surface area contributed by atoms with Crippen LogP contribution in [0.25, 0.3) is 0 Å². The molecule has 0 aliphatic carbocycles. The standard InChI is InChI=1S/C11H19NO3S/c1-11(15-5-10(13)14)7-12(8-11)9-3-2-4-16-6-9/h9H,2-8H2,1H3,(H,13,14). The molecule has 0 spiro atoms. The van der Waals surface area contributed by atoms with E-state index in [9.17, 15) is 4.79 Å². The summed E-state index contributed by atoms with van der Waals surface area (Å²) < 4.78 is 5.40. The first-order valence-electron chi connectivity index (χ1n) is 5.77. The van der Waals surface area contributed by atoms with Crippen molar-refractivity contribution in [1.82, 2.24) is 4.90 Å². The van der Waals surface area contributed by atoms with Crippen molar-refractivity contribution in [2.24, 2.45) is 0 Å². The number of aliphatic carboxylic acids is 1. The number of hydrogen-bond acceptors (Lipinski definition) is 4. The highest BCUT2D eigenvalue weighted by atomic mass is 32.2. The maximum Gasteiger partial charge on any atom is 0.329 e. The van der Waals surface area contributed by atoms with E-state index in [0.717, 1.165) is 13.1 Å². The monoisotopic (exact) mass is 245 g/mol. The average Bonchev–Trinajstić information content (AvgIpc) is 2.24. The van der Waals surface area contributed by atoms with E-state index < -0.39 is 5.97 Å². The Bertz CT molecular complexity index is 260. The number of nitrogens with zero attached hydrogens (tertiary/aromatic N) is 1. The van der Waals surface area contributed by atoms with Crippen LogP contribution in [-0.2, 0) is 9.53 Å². The highest BCUT2D eigenvalue weighted by molar-refractivity contribution is 7.99. The van der Waals surface area contributed by atoms with Gasteiger partial charge in [-0.05, 0) is 25.5 Å². The molecular weight excluding hydrogens is 226 g/mol. The van der Waals surface area contributed by atoms with E-state index in [1.165, 1.54) is 24.3 Å². The van der Waals surface area contributed by atoms with Crippen LogP contribution < -0.4 is 0 Å². The summed E-state index contributed by atoms with van der Waals surface area (Å²) in [5.41, 5.74) is -0.236. The highest BCUT2D eigenvalue weighted by Gasteiger charge is 2.43. The van der Waals surface area contributed by atoms with Gasteiger partial charge in [0.15, 0.2) is 0 Å². The molecule has 1 unspecified atom stereocenters. The maximum absolute atomic E-state index is 10.4. The fraction of sp³-hybridized carbons (Fsp3) is 0.909. The third kappa shape index (κ3) is 2.90. The predicted molar refractivity (Wildman–Crippen MR) is 63.9 cm³/mol. The van der Waals surface area contributed by atoms with Crippen molar-refractivity contribution in [1.29, 1.82) is 0 Å². The largest absolute Gasteiger partial charge is 0.480 e. The fourth-order valence-corrected chi connectivity index (χ4v) is 3.60. The van der Waals surface area contributed by atoms with Crippen LogP contribution in [0.4, 0.5) is 0 Å². The molecule has 0 aromatic rings. The Kier molecular flexibility index (Phi) is 3.77. The van der Waals surface area contributed by atoms with Crippen LogP contribution in [0, 0.1) is 0 Å². The van der Waals surface area contributed by atoms with Crippen molar-refractivity contribution < 1.29 is 14.6 Å². The minimum atomic E-state index is -0.882. The third-order valence-electron chi connectivity index (χ3n) is 3.27. The second-order valence-electron chi connectivity index (χ2n) is 4.91. The second kappa shape index (κ2) is 4.94. The summed E-state index contributed by atoms with van der Waals surface area (Å²) >= 11 is 2.02. The summed E-state index contributed by atoms with van der Waals surface area (Å²) in [5.74, 6) is 1.62. The number of likely N-dealkylation sites (tertiary alicyclic amines) is 1. The van der Waals surface area contributed by atoms with E-state index in [0.29, 0.717) is 6.04 Å². The number of ether oxygens (including phenoxy) is 1. The van der Waals surface area contributed by atoms with Gasteiger partial charge in [-0.15, -0.1) is 0 Å². The molecular formula is C11H19NO3S. The zero-order valence-electron chi connectivity index (χ0n) is 9.65. The van der Waals surface area contributed by atoms with Gasteiger partial charge in [0.1, 0.15) is 6.61 Å². The molecule has 0 aromatic carbocycles. The molecule has 1 atom stereocenters. The molecule has 92 valence electrons. The van der Waals surface area contributed by atoms with Crippen LogP contribution in [0.3, 0.4) is 0 Å². The molecule has 0 bridgehead atoms. The molecule has 0 radical (unpaired) electrons. The number of carbonyl (C=O) groups is 1. The molecule has 4 nitrogen and oxygen atoms in total. The van der Waals surface area contributed by atoms with Gasteiger partial charge < -0.3 is 9.84 Å². The summed E-state index contributed by atoms with van der Waals surface area (Å²) in [5, 5.41) is 8.57. The summed E-state index contributed by atoms with van der Waals surface area (Å²) in [6, 6.07) is 0.681. The van der Waals surface area contributed by atoms with Crippen LogP contribution in [-0.4, -0.2) is 58.8 Å². The smallest absolute Gasteiger partial charge is 0.329 e. The quantitative estimate of drug-likeness (QED) is 0.802. The Balaban J connectivity index is 1.72. The Hall–Kier alpha value is -0.260. The number of rotatable bonds is 4. The SMILES string of the molecule is CC1(OCC(=O)O)CN(C2CCCSC2)C1. The highest BCUT2D eigenvalue weighted by Crippen LogP contribution is 2.31. The molecule has 2 rings (SSSR count). The fourth-order valence-electron chi connectivity index (χ4n) is 2.41. The van der Waals surface area contributed by atoms with Crippen LogP contribution in [0.2, 0.25) is 0 Å². The van der Waals surface area contributed by atoms with Crippen molar-refractivity contribution in [2.75, 3.05) is 31.2 Å². The summed E-state index contributed by atoms with van der Waals surface area (Å²) in [4.78, 5) is 12.9. The van der Waals surface area contributed by atoms with Crippen LogP contribution in [0.1, 0.15) is 19.8 Å². The Morgan fingerprint density at radius 1 is 1.62 bits per heavy atom. The topological polar surface area (TPSA) is 49.8 Å². The van der Waals surface area contributed by atoms with Gasteiger partial charge in [0, 0.05) is 24.9 Å². The predicted octanol–water partition coefficient (Wildman–Crippen LogP) is 1.06. The van der Waals surface area contributed by atoms with Crippen LogP contribution in [0.5, 0.6) is 0 Å². The van der Waals surface area contributed by atoms with Gasteiger partial charge in [-0.3, -0.25) is 4.90 Å². The molecule has 2 saturated heterocycles. The third-order valence-corrected chi connectivity index (χ3v) is 4.47. The average molecular weight is 245 g/mol. The zero-order valence-corrected chi connectivity index (χ0v) is 10.5. The lowest BCUT2D eigenvalue weighted by Gasteiger charge is -2.51. The van der Waals surface area contributed by atoms with E-state index in [-0.39, 0.29) is 12.2 Å². The minimum absolute atomic E-state index is 0.177. The molecule has 2 fully saturated rings. The van der Waals surface area contributed by atoms with Gasteiger partial charge >= 0.3 is 5.97 Å². The van der Waals surface area contributed by atoms with Crippen molar-refractivity contribution in [2.45, 2.75) is 31.4 Å². The van der Waals surface area contributed by atoms with Crippen molar-refractivity contribution in [3.63, 3.8) is 0 Å². The summed E-state index contributed by atoms with van der Waals surface area (Å²) in [6.07, 6.45) is 2.58. The molecule has 0 amide bonds. The van der Waals surface area contributed by atoms with Gasteiger partial charge in [-0.2, -0.15) is 11.8 Å². The number of carboxylic acids is 1. The van der Waals surface area contributed by atoms with E-state index in [1.54, 1.807) is 0 Å².